The summed E-state index contributed by atoms with van der Waals surface area (Å²) in [5, 5.41) is 17.7. The quantitative estimate of drug-likeness (QED) is 0.334. The van der Waals surface area contributed by atoms with Crippen LogP contribution in [0.5, 0.6) is 5.75 Å². The smallest absolute Gasteiger partial charge is 0.351 e. The highest BCUT2D eigenvalue weighted by molar-refractivity contribution is 7.16. The largest absolute Gasteiger partial charge is 0.507 e. The number of nitrogens with zero attached hydrogens (tertiary/aromatic N) is 3. The predicted octanol–water partition coefficient (Wildman–Crippen LogP) is 4.12. The molecule has 0 unspecified atom stereocenters. The highest BCUT2D eigenvalue weighted by Crippen LogP contribution is 2.31. The Kier molecular flexibility index (Phi) is 4.07. The summed E-state index contributed by atoms with van der Waals surface area (Å²) in [4.78, 5) is 27.1. The molecule has 29 heavy (non-hydrogen) atoms. The van der Waals surface area contributed by atoms with Crippen LogP contribution >= 0.6 is 11.3 Å². The molecular weight excluding hydrogens is 388 g/mol. The van der Waals surface area contributed by atoms with E-state index < -0.39 is 5.69 Å². The number of benzene rings is 3. The molecule has 142 valence electrons. The summed E-state index contributed by atoms with van der Waals surface area (Å²) in [5.74, 6) is 0.587. The van der Waals surface area contributed by atoms with Gasteiger partial charge in [0.1, 0.15) is 5.75 Å². The van der Waals surface area contributed by atoms with Crippen molar-refractivity contribution in [3.8, 4) is 5.75 Å². The molecule has 9 heteroatoms. The van der Waals surface area contributed by atoms with E-state index in [-0.39, 0.29) is 17.6 Å². The van der Waals surface area contributed by atoms with Crippen LogP contribution in [0.2, 0.25) is 0 Å². The molecule has 3 aromatic carbocycles. The number of H-pyrrole nitrogens is 1. The van der Waals surface area contributed by atoms with Crippen LogP contribution in [0.15, 0.2) is 64.9 Å². The van der Waals surface area contributed by atoms with E-state index in [1.54, 1.807) is 17.6 Å². The summed E-state index contributed by atoms with van der Waals surface area (Å²) in [5.41, 5.74) is 3.62. The van der Waals surface area contributed by atoms with Gasteiger partial charge in [0.2, 0.25) is 11.9 Å². The molecule has 0 aliphatic rings. The number of aromatic hydroxyl groups is 1. The van der Waals surface area contributed by atoms with Crippen LogP contribution in [-0.4, -0.2) is 25.0 Å². The van der Waals surface area contributed by atoms with Gasteiger partial charge in [-0.2, -0.15) is 9.97 Å². The zero-order valence-electron chi connectivity index (χ0n) is 14.9. The summed E-state index contributed by atoms with van der Waals surface area (Å²) in [6, 6.07) is 16.4. The lowest BCUT2D eigenvalue weighted by Gasteiger charge is -2.11. The average molecular weight is 402 g/mol. The Hall–Kier alpha value is -3.98. The molecule has 0 atom stereocenters. The molecule has 0 saturated heterocycles. The first-order valence-electron chi connectivity index (χ1n) is 8.72. The minimum atomic E-state index is -0.535. The predicted molar refractivity (Wildman–Crippen MR) is 114 cm³/mol. The third-order valence-electron chi connectivity index (χ3n) is 4.39. The van der Waals surface area contributed by atoms with E-state index in [2.05, 4.69) is 30.6 Å². The number of phenolic OH excluding ortho intramolecular Hbond substituents is 1. The number of aromatic amines is 1. The summed E-state index contributed by atoms with van der Waals surface area (Å²) >= 11 is 1.53. The third kappa shape index (κ3) is 3.34. The highest BCUT2D eigenvalue weighted by atomic mass is 32.1. The van der Waals surface area contributed by atoms with Gasteiger partial charge in [0.05, 0.1) is 15.7 Å². The minimum absolute atomic E-state index is 0.144. The zero-order valence-corrected chi connectivity index (χ0v) is 15.7. The van der Waals surface area contributed by atoms with Gasteiger partial charge in [-0.25, -0.2) is 9.78 Å². The number of hydrogen-bond donors (Lipinski definition) is 4. The van der Waals surface area contributed by atoms with Crippen molar-refractivity contribution in [1.29, 1.82) is 0 Å². The maximum Gasteiger partial charge on any atom is 0.351 e. The van der Waals surface area contributed by atoms with Crippen LogP contribution in [0.1, 0.15) is 0 Å². The lowest BCUT2D eigenvalue weighted by atomic mass is 10.1. The van der Waals surface area contributed by atoms with Gasteiger partial charge in [-0.05, 0) is 30.3 Å². The number of aromatic nitrogens is 4. The van der Waals surface area contributed by atoms with E-state index in [1.807, 2.05) is 42.5 Å². The molecule has 0 aliphatic carbocycles. The molecule has 5 rings (SSSR count). The van der Waals surface area contributed by atoms with Gasteiger partial charge in [-0.1, -0.05) is 24.3 Å². The van der Waals surface area contributed by atoms with E-state index in [4.69, 9.17) is 0 Å². The average Bonchev–Trinajstić information content (AvgIpc) is 3.18. The Bertz CT molecular complexity index is 1410. The monoisotopic (exact) mass is 402 g/mol. The van der Waals surface area contributed by atoms with E-state index in [0.717, 1.165) is 21.3 Å². The number of anilines is 4. The van der Waals surface area contributed by atoms with Crippen LogP contribution in [0.4, 0.5) is 23.3 Å². The highest BCUT2D eigenvalue weighted by Gasteiger charge is 2.09. The second-order valence-corrected chi connectivity index (χ2v) is 7.18. The first-order chi connectivity index (χ1) is 14.2. The number of rotatable bonds is 4. The van der Waals surface area contributed by atoms with Gasteiger partial charge in [-0.3, -0.25) is 4.98 Å². The normalized spacial score (nSPS) is 11.0. The second kappa shape index (κ2) is 6.88. The second-order valence-electron chi connectivity index (χ2n) is 6.29. The van der Waals surface area contributed by atoms with Crippen LogP contribution in [-0.2, 0) is 0 Å². The maximum absolute atomic E-state index is 12.0. The van der Waals surface area contributed by atoms with Crippen LogP contribution in [0, 0.1) is 0 Å². The number of fused-ring (bicyclic) bond motifs is 2. The van der Waals surface area contributed by atoms with Crippen LogP contribution in [0.25, 0.3) is 21.0 Å². The first kappa shape index (κ1) is 17.1. The van der Waals surface area contributed by atoms with Gasteiger partial charge in [0.15, 0.2) is 0 Å². The molecule has 0 fully saturated rings. The van der Waals surface area contributed by atoms with Crippen molar-refractivity contribution in [1.82, 2.24) is 19.9 Å². The summed E-state index contributed by atoms with van der Waals surface area (Å²) in [6.45, 7) is 0. The fourth-order valence-electron chi connectivity index (χ4n) is 3.08. The molecule has 5 aromatic rings. The SMILES string of the molecule is O=c1nc(Nc2ccc(O)c3ccccc23)nc(Nc2ccc3ncsc3c2)[nH]1. The molecule has 0 aliphatic heterocycles. The van der Waals surface area contributed by atoms with Gasteiger partial charge in [0, 0.05) is 22.1 Å². The standard InChI is InChI=1S/C20H14N6O2S/c27-16-8-7-14(12-3-1-2-4-13(12)16)23-19-24-18(25-20(28)26-19)22-11-5-6-15-17(9-11)29-10-21-15/h1-10,27H,(H3,22,23,24,25,26,28). The molecule has 0 bridgehead atoms. The molecule has 0 saturated carbocycles. The van der Waals surface area contributed by atoms with Gasteiger partial charge < -0.3 is 15.7 Å². The summed E-state index contributed by atoms with van der Waals surface area (Å²) < 4.78 is 1.03. The Labute approximate surface area is 167 Å². The first-order valence-corrected chi connectivity index (χ1v) is 9.60. The molecule has 0 radical (unpaired) electrons. The van der Waals surface area contributed by atoms with E-state index in [0.29, 0.717) is 11.1 Å². The van der Waals surface area contributed by atoms with Crippen molar-refractivity contribution >= 4 is 55.6 Å². The van der Waals surface area contributed by atoms with Crippen LogP contribution < -0.4 is 16.3 Å². The molecule has 8 nitrogen and oxygen atoms in total. The Balaban J connectivity index is 1.48. The fraction of sp³-hybridized carbons (Fsp3) is 0. The summed E-state index contributed by atoms with van der Waals surface area (Å²) in [7, 11) is 0. The number of phenols is 1. The van der Waals surface area contributed by atoms with Crippen molar-refractivity contribution < 1.29 is 5.11 Å². The number of thiazole rings is 1. The summed E-state index contributed by atoms with van der Waals surface area (Å²) in [6.07, 6.45) is 0. The fourth-order valence-corrected chi connectivity index (χ4v) is 3.80. The molecule has 2 heterocycles. The van der Waals surface area contributed by atoms with Crippen molar-refractivity contribution in [2.45, 2.75) is 0 Å². The number of nitrogens with one attached hydrogen (secondary N) is 3. The molecule has 2 aromatic heterocycles. The van der Waals surface area contributed by atoms with E-state index >= 15 is 0 Å². The number of hydrogen-bond acceptors (Lipinski definition) is 8. The minimum Gasteiger partial charge on any atom is -0.507 e. The topological polar surface area (TPSA) is 116 Å². The maximum atomic E-state index is 12.0. The Morgan fingerprint density at radius 1 is 0.966 bits per heavy atom. The van der Waals surface area contributed by atoms with Gasteiger partial charge >= 0.3 is 5.69 Å². The molecule has 4 N–H and O–H groups in total. The lowest BCUT2D eigenvalue weighted by molar-refractivity contribution is 0.481. The Morgan fingerprint density at radius 2 is 1.83 bits per heavy atom. The van der Waals surface area contributed by atoms with E-state index in [1.165, 1.54) is 11.3 Å². The Morgan fingerprint density at radius 3 is 2.72 bits per heavy atom. The van der Waals surface area contributed by atoms with Crippen molar-refractivity contribution in [2.24, 2.45) is 0 Å². The zero-order chi connectivity index (χ0) is 19.8. The van der Waals surface area contributed by atoms with Crippen molar-refractivity contribution in [3.05, 3.63) is 70.6 Å². The lowest BCUT2D eigenvalue weighted by Crippen LogP contribution is -2.16. The van der Waals surface area contributed by atoms with Crippen molar-refractivity contribution in [2.75, 3.05) is 10.6 Å². The van der Waals surface area contributed by atoms with Gasteiger partial charge in [0.25, 0.3) is 0 Å². The van der Waals surface area contributed by atoms with Gasteiger partial charge in [-0.15, -0.1) is 11.3 Å². The van der Waals surface area contributed by atoms with Crippen molar-refractivity contribution in [3.63, 3.8) is 0 Å². The molecular formula is C20H14N6O2S. The third-order valence-corrected chi connectivity index (χ3v) is 5.18. The van der Waals surface area contributed by atoms with Crippen LogP contribution in [0.3, 0.4) is 0 Å². The van der Waals surface area contributed by atoms with E-state index in [9.17, 15) is 9.90 Å². The molecule has 0 amide bonds. The molecule has 0 spiro atoms.